The van der Waals surface area contributed by atoms with Gasteiger partial charge in [-0.2, -0.15) is 4.31 Å². The quantitative estimate of drug-likeness (QED) is 0.707. The molecule has 0 fully saturated rings. The molecule has 8 heteroatoms. The molecule has 0 spiro atoms. The summed E-state index contributed by atoms with van der Waals surface area (Å²) in [6, 6.07) is 5.83. The van der Waals surface area contributed by atoms with Gasteiger partial charge in [0.2, 0.25) is 15.9 Å². The number of hydrogen-bond donors (Lipinski definition) is 1. The van der Waals surface area contributed by atoms with Gasteiger partial charge in [-0.05, 0) is 17.7 Å². The number of nitrogens with zero attached hydrogens (tertiary/aromatic N) is 1. The molecule has 1 rings (SSSR count). The van der Waals surface area contributed by atoms with Gasteiger partial charge in [-0.3, -0.25) is 9.59 Å². The van der Waals surface area contributed by atoms with E-state index < -0.39 is 21.9 Å². The second kappa shape index (κ2) is 7.19. The first-order chi connectivity index (χ1) is 9.81. The zero-order valence-corrected chi connectivity index (χ0v) is 12.7. The number of carbonyl (C=O) groups is 2. The highest BCUT2D eigenvalue weighted by molar-refractivity contribution is 7.89. The Balaban J connectivity index is 2.98. The molecule has 116 valence electrons. The molecule has 0 aliphatic carbocycles. The van der Waals surface area contributed by atoms with Crippen molar-refractivity contribution in [2.24, 2.45) is 5.73 Å². The monoisotopic (exact) mass is 314 g/mol. The minimum Gasteiger partial charge on any atom is -0.469 e. The second-order valence-corrected chi connectivity index (χ2v) is 6.23. The molecule has 0 radical (unpaired) electrons. The highest BCUT2D eigenvalue weighted by atomic mass is 32.2. The number of carbonyl (C=O) groups excluding carboxylic acids is 2. The number of amides is 1. The topological polar surface area (TPSA) is 107 Å². The highest BCUT2D eigenvalue weighted by Crippen LogP contribution is 2.16. The van der Waals surface area contributed by atoms with E-state index >= 15 is 0 Å². The van der Waals surface area contributed by atoms with Gasteiger partial charge >= 0.3 is 5.97 Å². The Kier molecular flexibility index (Phi) is 5.86. The van der Waals surface area contributed by atoms with Crippen molar-refractivity contribution in [3.8, 4) is 0 Å². The lowest BCUT2D eigenvalue weighted by atomic mass is 10.2. The zero-order valence-electron chi connectivity index (χ0n) is 11.9. The maximum atomic E-state index is 12.3. The molecule has 1 amide bonds. The van der Waals surface area contributed by atoms with E-state index in [2.05, 4.69) is 4.74 Å². The summed E-state index contributed by atoms with van der Waals surface area (Å²) in [6.45, 7) is 1.38. The molecule has 0 bridgehead atoms. The maximum Gasteiger partial charge on any atom is 0.309 e. The summed E-state index contributed by atoms with van der Waals surface area (Å²) in [5, 5.41) is 0. The van der Waals surface area contributed by atoms with E-state index in [1.165, 1.54) is 31.4 Å². The van der Waals surface area contributed by atoms with Crippen LogP contribution in [0.4, 0.5) is 0 Å². The van der Waals surface area contributed by atoms with Crippen molar-refractivity contribution in [1.29, 1.82) is 0 Å². The van der Waals surface area contributed by atoms with Crippen molar-refractivity contribution in [3.05, 3.63) is 29.8 Å². The Morgan fingerprint density at radius 1 is 1.24 bits per heavy atom. The fourth-order valence-corrected chi connectivity index (χ4v) is 3.12. The van der Waals surface area contributed by atoms with E-state index in [0.29, 0.717) is 5.56 Å². The molecule has 1 aromatic carbocycles. The number of ether oxygens (including phenoxy) is 1. The van der Waals surface area contributed by atoms with E-state index in [4.69, 9.17) is 5.73 Å². The van der Waals surface area contributed by atoms with Crippen molar-refractivity contribution in [1.82, 2.24) is 4.31 Å². The van der Waals surface area contributed by atoms with E-state index in [1.54, 1.807) is 6.92 Å². The first kappa shape index (κ1) is 17.1. The van der Waals surface area contributed by atoms with Gasteiger partial charge in [0.05, 0.1) is 25.0 Å². The number of likely N-dealkylation sites (N-methyl/N-ethyl adjacent to an activating group) is 1. The Hall–Kier alpha value is -1.93. The lowest BCUT2D eigenvalue weighted by Crippen LogP contribution is -2.38. The van der Waals surface area contributed by atoms with Crippen molar-refractivity contribution in [3.63, 3.8) is 0 Å². The van der Waals surface area contributed by atoms with Gasteiger partial charge in [0.25, 0.3) is 0 Å². The standard InChI is InChI=1S/C13H18N2O5S/c1-3-15(9-12(14)16)21(18,19)11-6-4-10(5-7-11)8-13(17)20-2/h4-7H,3,8-9H2,1-2H3,(H2,14,16). The molecule has 0 saturated heterocycles. The Bertz CT molecular complexity index is 610. The molecule has 0 unspecified atom stereocenters. The third kappa shape index (κ3) is 4.54. The second-order valence-electron chi connectivity index (χ2n) is 4.29. The largest absolute Gasteiger partial charge is 0.469 e. The fourth-order valence-electron chi connectivity index (χ4n) is 1.71. The van der Waals surface area contributed by atoms with Crippen molar-refractivity contribution in [2.75, 3.05) is 20.2 Å². The molecule has 0 aliphatic heterocycles. The first-order valence-electron chi connectivity index (χ1n) is 6.25. The average molecular weight is 314 g/mol. The third-order valence-corrected chi connectivity index (χ3v) is 4.76. The molecule has 1 aromatic rings. The summed E-state index contributed by atoms with van der Waals surface area (Å²) in [4.78, 5) is 22.1. The lowest BCUT2D eigenvalue weighted by molar-refractivity contribution is -0.139. The number of nitrogens with two attached hydrogens (primary N) is 1. The van der Waals surface area contributed by atoms with Gasteiger partial charge < -0.3 is 10.5 Å². The number of sulfonamides is 1. The smallest absolute Gasteiger partial charge is 0.309 e. The van der Waals surface area contributed by atoms with Gasteiger partial charge in [0, 0.05) is 6.54 Å². The summed E-state index contributed by atoms with van der Waals surface area (Å²) in [7, 11) is -2.50. The Morgan fingerprint density at radius 2 is 1.81 bits per heavy atom. The van der Waals surface area contributed by atoms with E-state index in [-0.39, 0.29) is 24.4 Å². The molecule has 21 heavy (non-hydrogen) atoms. The normalized spacial score (nSPS) is 11.4. The van der Waals surface area contributed by atoms with Crippen LogP contribution in [0.5, 0.6) is 0 Å². The van der Waals surface area contributed by atoms with E-state index in [9.17, 15) is 18.0 Å². The summed E-state index contributed by atoms with van der Waals surface area (Å²) in [5.74, 6) is -1.13. The lowest BCUT2D eigenvalue weighted by Gasteiger charge is -2.18. The minimum atomic E-state index is -3.78. The van der Waals surface area contributed by atoms with Crippen LogP contribution in [0.2, 0.25) is 0 Å². The molecular formula is C13H18N2O5S. The number of methoxy groups -OCH3 is 1. The first-order valence-corrected chi connectivity index (χ1v) is 7.69. The maximum absolute atomic E-state index is 12.3. The van der Waals surface area contributed by atoms with Crippen LogP contribution >= 0.6 is 0 Å². The summed E-state index contributed by atoms with van der Waals surface area (Å²) < 4.78 is 30.2. The molecule has 0 atom stereocenters. The van der Waals surface area contributed by atoms with Gasteiger partial charge in [0.15, 0.2) is 0 Å². The third-order valence-electron chi connectivity index (χ3n) is 2.82. The summed E-state index contributed by atoms with van der Waals surface area (Å²) >= 11 is 0. The van der Waals surface area contributed by atoms with E-state index in [1.807, 2.05) is 0 Å². The minimum absolute atomic E-state index is 0.0409. The zero-order chi connectivity index (χ0) is 16.0. The number of esters is 1. The van der Waals surface area contributed by atoms with Crippen LogP contribution < -0.4 is 5.73 Å². The van der Waals surface area contributed by atoms with Crippen LogP contribution in [0, 0.1) is 0 Å². The predicted octanol–water partition coefficient (Wildman–Crippen LogP) is -0.102. The molecule has 0 aliphatic rings. The Morgan fingerprint density at radius 3 is 2.24 bits per heavy atom. The summed E-state index contributed by atoms with van der Waals surface area (Å²) in [6.07, 6.45) is 0.0651. The number of primary amides is 1. The van der Waals surface area contributed by atoms with Crippen LogP contribution in [-0.2, 0) is 30.8 Å². The van der Waals surface area contributed by atoms with Crippen LogP contribution in [-0.4, -0.2) is 44.8 Å². The van der Waals surface area contributed by atoms with Gasteiger partial charge in [-0.1, -0.05) is 19.1 Å². The molecular weight excluding hydrogens is 296 g/mol. The Labute approximate surface area is 123 Å². The van der Waals surface area contributed by atoms with Gasteiger partial charge in [-0.25, -0.2) is 8.42 Å². The molecule has 0 saturated carbocycles. The molecule has 2 N–H and O–H groups in total. The van der Waals surface area contributed by atoms with Crippen LogP contribution in [0.1, 0.15) is 12.5 Å². The SMILES string of the molecule is CCN(CC(N)=O)S(=O)(=O)c1ccc(CC(=O)OC)cc1. The van der Waals surface area contributed by atoms with Gasteiger partial charge in [-0.15, -0.1) is 0 Å². The summed E-state index contributed by atoms with van der Waals surface area (Å²) in [5.41, 5.74) is 5.68. The molecule has 0 heterocycles. The van der Waals surface area contributed by atoms with Crippen LogP contribution in [0.25, 0.3) is 0 Å². The van der Waals surface area contributed by atoms with Gasteiger partial charge in [0.1, 0.15) is 0 Å². The van der Waals surface area contributed by atoms with Crippen molar-refractivity contribution >= 4 is 21.9 Å². The van der Waals surface area contributed by atoms with E-state index in [0.717, 1.165) is 4.31 Å². The number of hydrogen-bond acceptors (Lipinski definition) is 5. The molecule has 7 nitrogen and oxygen atoms in total. The predicted molar refractivity (Wildman–Crippen MR) is 75.8 cm³/mol. The fraction of sp³-hybridized carbons (Fsp3) is 0.385. The van der Waals surface area contributed by atoms with Crippen molar-refractivity contribution in [2.45, 2.75) is 18.2 Å². The highest BCUT2D eigenvalue weighted by Gasteiger charge is 2.24. The van der Waals surface area contributed by atoms with Crippen LogP contribution in [0.3, 0.4) is 0 Å². The number of rotatable bonds is 7. The number of benzene rings is 1. The average Bonchev–Trinajstić information content (AvgIpc) is 2.44. The molecule has 0 aromatic heterocycles. The van der Waals surface area contributed by atoms with Crippen molar-refractivity contribution < 1.29 is 22.7 Å². The van der Waals surface area contributed by atoms with Crippen LogP contribution in [0.15, 0.2) is 29.2 Å².